The summed E-state index contributed by atoms with van der Waals surface area (Å²) in [6, 6.07) is 7.11. The Morgan fingerprint density at radius 1 is 1.19 bits per heavy atom. The van der Waals surface area contributed by atoms with Gasteiger partial charge in [-0.1, -0.05) is 23.5 Å². The van der Waals surface area contributed by atoms with Crippen molar-refractivity contribution in [3.63, 3.8) is 0 Å². The molecule has 0 bridgehead atoms. The number of carbonyl (C=O) groups is 2. The first-order chi connectivity index (χ1) is 12.4. The summed E-state index contributed by atoms with van der Waals surface area (Å²) in [4.78, 5) is 45.2. The van der Waals surface area contributed by atoms with Gasteiger partial charge in [-0.15, -0.1) is 0 Å². The topological polar surface area (TPSA) is 103 Å². The Morgan fingerprint density at radius 3 is 2.65 bits per heavy atom. The molecule has 0 atom stereocenters. The van der Waals surface area contributed by atoms with Crippen LogP contribution in [-0.2, 0) is 16.1 Å². The molecule has 0 fully saturated rings. The Balaban J connectivity index is 1.88. The zero-order valence-electron chi connectivity index (χ0n) is 14.4. The smallest absolute Gasteiger partial charge is 0.350 e. The minimum absolute atomic E-state index is 0.186. The molecule has 134 valence electrons. The summed E-state index contributed by atoms with van der Waals surface area (Å²) in [6.07, 6.45) is 0. The van der Waals surface area contributed by atoms with E-state index >= 15 is 0 Å². The molecular weight excluding hydrogens is 356 g/mol. The van der Waals surface area contributed by atoms with Crippen LogP contribution in [0.1, 0.15) is 21.1 Å². The molecule has 1 N–H and O–H groups in total. The van der Waals surface area contributed by atoms with Gasteiger partial charge in [-0.25, -0.2) is 14.8 Å². The molecule has 1 amide bonds. The Morgan fingerprint density at radius 2 is 1.92 bits per heavy atom. The van der Waals surface area contributed by atoms with Crippen LogP contribution in [0.5, 0.6) is 0 Å². The summed E-state index contributed by atoms with van der Waals surface area (Å²) in [5, 5.41) is 2.90. The van der Waals surface area contributed by atoms with Crippen molar-refractivity contribution >= 4 is 39.4 Å². The average molecular weight is 372 g/mol. The predicted molar refractivity (Wildman–Crippen MR) is 97.6 cm³/mol. The number of nitrogens with one attached hydrogen (secondary N) is 1. The minimum Gasteiger partial charge on any atom is -0.465 e. The maximum atomic E-state index is 12.4. The molecule has 2 aromatic heterocycles. The molecule has 0 saturated heterocycles. The second-order valence-corrected chi connectivity index (χ2v) is 6.55. The Kier molecular flexibility index (Phi) is 4.81. The molecule has 0 unspecified atom stereocenters. The summed E-state index contributed by atoms with van der Waals surface area (Å²) >= 11 is 1.02. The van der Waals surface area contributed by atoms with Gasteiger partial charge in [-0.2, -0.15) is 0 Å². The van der Waals surface area contributed by atoms with Crippen LogP contribution in [0.2, 0.25) is 0 Å². The molecular formula is C17H16N4O4S. The highest BCUT2D eigenvalue weighted by molar-refractivity contribution is 7.17. The van der Waals surface area contributed by atoms with E-state index in [1.54, 1.807) is 32.0 Å². The molecule has 26 heavy (non-hydrogen) atoms. The van der Waals surface area contributed by atoms with Crippen molar-refractivity contribution in [2.75, 3.05) is 12.4 Å². The summed E-state index contributed by atoms with van der Waals surface area (Å²) in [7, 11) is 1.28. The number of nitrogens with zero attached hydrogens (tertiary/aromatic N) is 3. The van der Waals surface area contributed by atoms with E-state index in [2.05, 4.69) is 20.0 Å². The highest BCUT2D eigenvalue weighted by atomic mass is 32.1. The lowest BCUT2D eigenvalue weighted by molar-refractivity contribution is -0.116. The fraction of sp³-hybridized carbons (Fsp3) is 0.235. The molecule has 0 aliphatic heterocycles. The third kappa shape index (κ3) is 3.33. The molecule has 0 spiro atoms. The number of hydrogen-bond donors (Lipinski definition) is 1. The van der Waals surface area contributed by atoms with Crippen molar-refractivity contribution in [1.29, 1.82) is 0 Å². The molecule has 9 heteroatoms. The number of carbonyl (C=O) groups excluding carboxylic acids is 2. The van der Waals surface area contributed by atoms with E-state index in [-0.39, 0.29) is 17.2 Å². The predicted octanol–water partition coefficient (Wildman–Crippen LogP) is 1.90. The van der Waals surface area contributed by atoms with Crippen LogP contribution in [0.25, 0.3) is 11.0 Å². The van der Waals surface area contributed by atoms with Gasteiger partial charge < -0.3 is 10.1 Å². The van der Waals surface area contributed by atoms with E-state index in [0.29, 0.717) is 27.3 Å². The minimum atomic E-state index is -0.507. The van der Waals surface area contributed by atoms with Gasteiger partial charge in [0.25, 0.3) is 5.56 Å². The molecule has 3 rings (SSSR count). The molecule has 0 saturated carbocycles. The number of fused-ring (bicyclic) bond motifs is 1. The second kappa shape index (κ2) is 7.04. The Hall–Kier alpha value is -3.07. The van der Waals surface area contributed by atoms with Crippen LogP contribution in [-0.4, -0.2) is 33.5 Å². The number of ether oxygens (including phenoxy) is 1. The zero-order chi connectivity index (χ0) is 18.8. The van der Waals surface area contributed by atoms with E-state index < -0.39 is 11.9 Å². The number of anilines is 1. The molecule has 0 radical (unpaired) electrons. The van der Waals surface area contributed by atoms with Crippen LogP contribution in [0.3, 0.4) is 0 Å². The van der Waals surface area contributed by atoms with Crippen molar-refractivity contribution in [2.45, 2.75) is 20.4 Å². The standard InChI is InChI=1S/C17H16N4O4S/c1-9-14(16(24)25-3)26-17(19-9)20-13(22)8-21-12-7-5-4-6-11(12)18-10(2)15(21)23/h4-7H,8H2,1-3H3,(H,19,20,22). The van der Waals surface area contributed by atoms with E-state index in [9.17, 15) is 14.4 Å². The lowest BCUT2D eigenvalue weighted by atomic mass is 10.2. The number of aryl methyl sites for hydroxylation is 2. The molecule has 3 aromatic rings. The number of methoxy groups -OCH3 is 1. The number of para-hydroxylation sites is 2. The summed E-state index contributed by atoms with van der Waals surface area (Å²) < 4.78 is 6.04. The summed E-state index contributed by atoms with van der Waals surface area (Å²) in [6.45, 7) is 3.08. The number of hydrogen-bond acceptors (Lipinski definition) is 7. The van der Waals surface area contributed by atoms with Gasteiger partial charge >= 0.3 is 5.97 Å². The third-order valence-electron chi connectivity index (χ3n) is 3.73. The number of thiazole rings is 1. The fourth-order valence-corrected chi connectivity index (χ4v) is 3.41. The maximum absolute atomic E-state index is 12.4. The molecule has 0 aliphatic rings. The third-order valence-corrected chi connectivity index (χ3v) is 4.78. The monoisotopic (exact) mass is 372 g/mol. The first-order valence-corrected chi connectivity index (χ1v) is 8.54. The van der Waals surface area contributed by atoms with E-state index in [1.807, 2.05) is 6.07 Å². The first kappa shape index (κ1) is 17.7. The van der Waals surface area contributed by atoms with E-state index in [0.717, 1.165) is 11.3 Å². The van der Waals surface area contributed by atoms with Crippen molar-refractivity contribution in [1.82, 2.24) is 14.5 Å². The summed E-state index contributed by atoms with van der Waals surface area (Å²) in [5.41, 5.74) is 1.66. The van der Waals surface area contributed by atoms with Crippen LogP contribution in [0.4, 0.5) is 5.13 Å². The van der Waals surface area contributed by atoms with Crippen LogP contribution < -0.4 is 10.9 Å². The molecule has 1 aromatic carbocycles. The normalized spacial score (nSPS) is 10.7. The SMILES string of the molecule is COC(=O)c1sc(NC(=O)Cn2c(=O)c(C)nc3ccccc32)nc1C. The van der Waals surface area contributed by atoms with Gasteiger partial charge in [0.15, 0.2) is 5.13 Å². The van der Waals surface area contributed by atoms with Gasteiger partial charge in [0.2, 0.25) is 5.91 Å². The van der Waals surface area contributed by atoms with E-state index in [1.165, 1.54) is 11.7 Å². The van der Waals surface area contributed by atoms with Gasteiger partial charge in [0, 0.05) is 0 Å². The molecule has 2 heterocycles. The fourth-order valence-electron chi connectivity index (χ4n) is 2.51. The van der Waals surface area contributed by atoms with Crippen LogP contribution in [0, 0.1) is 13.8 Å². The number of aromatic nitrogens is 3. The Labute approximate surface area is 152 Å². The lowest BCUT2D eigenvalue weighted by Gasteiger charge is -2.10. The Bertz CT molecular complexity index is 1070. The number of amides is 1. The number of rotatable bonds is 4. The van der Waals surface area contributed by atoms with Crippen molar-refractivity contribution < 1.29 is 14.3 Å². The van der Waals surface area contributed by atoms with Gasteiger partial charge in [0.1, 0.15) is 17.1 Å². The van der Waals surface area contributed by atoms with Crippen LogP contribution in [0.15, 0.2) is 29.1 Å². The average Bonchev–Trinajstić information content (AvgIpc) is 2.98. The lowest BCUT2D eigenvalue weighted by Crippen LogP contribution is -2.30. The first-order valence-electron chi connectivity index (χ1n) is 7.72. The summed E-state index contributed by atoms with van der Waals surface area (Å²) in [5.74, 6) is -0.930. The largest absolute Gasteiger partial charge is 0.465 e. The van der Waals surface area contributed by atoms with Crippen molar-refractivity contribution in [2.24, 2.45) is 0 Å². The van der Waals surface area contributed by atoms with E-state index in [4.69, 9.17) is 0 Å². The molecule has 8 nitrogen and oxygen atoms in total. The van der Waals surface area contributed by atoms with Crippen LogP contribution >= 0.6 is 11.3 Å². The van der Waals surface area contributed by atoms with Crippen molar-refractivity contribution in [3.8, 4) is 0 Å². The van der Waals surface area contributed by atoms with Crippen molar-refractivity contribution in [3.05, 3.63) is 50.9 Å². The highest BCUT2D eigenvalue weighted by Gasteiger charge is 2.18. The highest BCUT2D eigenvalue weighted by Crippen LogP contribution is 2.23. The molecule has 0 aliphatic carbocycles. The second-order valence-electron chi connectivity index (χ2n) is 5.55. The number of benzene rings is 1. The van der Waals surface area contributed by atoms with Gasteiger partial charge in [0.05, 0.1) is 23.8 Å². The maximum Gasteiger partial charge on any atom is 0.350 e. The number of esters is 1. The van der Waals surface area contributed by atoms with Gasteiger partial charge in [-0.3, -0.25) is 14.2 Å². The quantitative estimate of drug-likeness (QED) is 0.702. The zero-order valence-corrected chi connectivity index (χ0v) is 15.2. The van der Waals surface area contributed by atoms with Gasteiger partial charge in [-0.05, 0) is 26.0 Å².